The zero-order valence-electron chi connectivity index (χ0n) is 11.0. The molecule has 1 saturated carbocycles. The van der Waals surface area contributed by atoms with E-state index in [1.807, 2.05) is 0 Å². The molecule has 0 atom stereocenters. The number of aromatic amines is 1. The van der Waals surface area contributed by atoms with Gasteiger partial charge in [0.15, 0.2) is 0 Å². The molecule has 0 aliphatic heterocycles. The first-order chi connectivity index (χ1) is 9.16. The summed E-state index contributed by atoms with van der Waals surface area (Å²) in [6, 6.07) is 0. The minimum Gasteiger partial charge on any atom is -0.315 e. The van der Waals surface area contributed by atoms with E-state index in [1.54, 1.807) is 6.20 Å². The van der Waals surface area contributed by atoms with Crippen molar-refractivity contribution < 1.29 is 0 Å². The highest BCUT2D eigenvalue weighted by atomic mass is 79.9. The van der Waals surface area contributed by atoms with Crippen LogP contribution in [0.25, 0.3) is 0 Å². The summed E-state index contributed by atoms with van der Waals surface area (Å²) in [6.07, 6.45) is 8.24. The van der Waals surface area contributed by atoms with E-state index in [2.05, 4.69) is 26.2 Å². The molecule has 1 fully saturated rings. The predicted molar refractivity (Wildman–Crippen MR) is 78.5 cm³/mol. The van der Waals surface area contributed by atoms with Gasteiger partial charge in [-0.2, -0.15) is 0 Å². The Kier molecular flexibility index (Phi) is 5.39. The third-order valence-electron chi connectivity index (χ3n) is 3.65. The van der Waals surface area contributed by atoms with Crippen LogP contribution < -0.4 is 16.6 Å². The third-order valence-corrected chi connectivity index (χ3v) is 4.22. The summed E-state index contributed by atoms with van der Waals surface area (Å²) in [4.78, 5) is 25.0. The molecule has 2 rings (SSSR count). The Bertz CT molecular complexity index is 517. The van der Waals surface area contributed by atoms with Crippen molar-refractivity contribution in [2.45, 2.75) is 38.6 Å². The maximum Gasteiger partial charge on any atom is 0.328 e. The van der Waals surface area contributed by atoms with Gasteiger partial charge in [0.2, 0.25) is 0 Å². The number of aromatic nitrogens is 2. The van der Waals surface area contributed by atoms with Crippen molar-refractivity contribution in [1.29, 1.82) is 0 Å². The summed E-state index contributed by atoms with van der Waals surface area (Å²) in [6.45, 7) is 2.34. The molecule has 1 aromatic rings. The van der Waals surface area contributed by atoms with Gasteiger partial charge in [-0.1, -0.05) is 19.3 Å². The third kappa shape index (κ3) is 4.31. The molecule has 1 aromatic heterocycles. The van der Waals surface area contributed by atoms with E-state index in [-0.39, 0.29) is 11.2 Å². The van der Waals surface area contributed by atoms with Crippen LogP contribution in [0, 0.1) is 5.92 Å². The average Bonchev–Trinajstić information content (AvgIpc) is 2.41. The molecule has 0 aromatic carbocycles. The lowest BCUT2D eigenvalue weighted by Crippen LogP contribution is -2.34. The number of halogens is 1. The number of nitrogens with zero attached hydrogens (tertiary/aromatic N) is 1. The molecule has 106 valence electrons. The summed E-state index contributed by atoms with van der Waals surface area (Å²) in [5.41, 5.74) is -0.732. The van der Waals surface area contributed by atoms with Gasteiger partial charge in [-0.3, -0.25) is 14.3 Å². The van der Waals surface area contributed by atoms with Gasteiger partial charge in [0.25, 0.3) is 5.56 Å². The first-order valence-electron chi connectivity index (χ1n) is 6.87. The number of rotatable bonds is 5. The Morgan fingerprint density at radius 1 is 1.32 bits per heavy atom. The normalized spacial score (nSPS) is 16.7. The van der Waals surface area contributed by atoms with Gasteiger partial charge in [0, 0.05) is 19.3 Å². The largest absolute Gasteiger partial charge is 0.328 e. The molecule has 5 nitrogen and oxygen atoms in total. The SMILES string of the molecule is O=c1[nH]c(=O)n(CCNCC2CCCCC2)cc1Br. The highest BCUT2D eigenvalue weighted by molar-refractivity contribution is 9.10. The number of hydrogen-bond donors (Lipinski definition) is 2. The number of hydrogen-bond acceptors (Lipinski definition) is 3. The van der Waals surface area contributed by atoms with Crippen LogP contribution in [-0.4, -0.2) is 22.6 Å². The van der Waals surface area contributed by atoms with Gasteiger partial charge >= 0.3 is 5.69 Å². The molecule has 0 amide bonds. The van der Waals surface area contributed by atoms with E-state index >= 15 is 0 Å². The summed E-state index contributed by atoms with van der Waals surface area (Å²) in [5.74, 6) is 0.785. The van der Waals surface area contributed by atoms with Crippen molar-refractivity contribution in [1.82, 2.24) is 14.9 Å². The predicted octanol–water partition coefficient (Wildman–Crippen LogP) is 1.47. The smallest absolute Gasteiger partial charge is 0.315 e. The second kappa shape index (κ2) is 7.05. The lowest BCUT2D eigenvalue weighted by molar-refractivity contribution is 0.340. The first-order valence-corrected chi connectivity index (χ1v) is 7.66. The molecule has 0 saturated heterocycles. The maximum atomic E-state index is 11.5. The van der Waals surface area contributed by atoms with Crippen LogP contribution in [-0.2, 0) is 6.54 Å². The second-order valence-electron chi connectivity index (χ2n) is 5.14. The molecule has 0 unspecified atom stereocenters. The summed E-state index contributed by atoms with van der Waals surface area (Å²) < 4.78 is 1.90. The monoisotopic (exact) mass is 329 g/mol. The number of nitrogens with one attached hydrogen (secondary N) is 2. The fourth-order valence-electron chi connectivity index (χ4n) is 2.55. The molecule has 1 aliphatic carbocycles. The van der Waals surface area contributed by atoms with Crippen LogP contribution in [0.4, 0.5) is 0 Å². The minimum absolute atomic E-state index is 0.354. The van der Waals surface area contributed by atoms with Crippen LogP contribution in [0.2, 0.25) is 0 Å². The van der Waals surface area contributed by atoms with Crippen LogP contribution in [0.5, 0.6) is 0 Å². The Balaban J connectivity index is 1.78. The minimum atomic E-state index is -0.378. The lowest BCUT2D eigenvalue weighted by Gasteiger charge is -2.21. The summed E-state index contributed by atoms with van der Waals surface area (Å²) >= 11 is 3.13. The van der Waals surface area contributed by atoms with Gasteiger partial charge in [-0.25, -0.2) is 4.79 Å². The second-order valence-corrected chi connectivity index (χ2v) is 5.99. The van der Waals surface area contributed by atoms with Crippen molar-refractivity contribution in [2.75, 3.05) is 13.1 Å². The first kappa shape index (κ1) is 14.5. The fraction of sp³-hybridized carbons (Fsp3) is 0.692. The molecular weight excluding hydrogens is 310 g/mol. The van der Waals surface area contributed by atoms with Crippen LogP contribution in [0.1, 0.15) is 32.1 Å². The topological polar surface area (TPSA) is 66.9 Å². The molecule has 0 bridgehead atoms. The zero-order valence-corrected chi connectivity index (χ0v) is 12.5. The molecule has 0 radical (unpaired) electrons. The van der Waals surface area contributed by atoms with Gasteiger partial charge in [-0.05, 0) is 41.2 Å². The van der Waals surface area contributed by atoms with Crippen molar-refractivity contribution >= 4 is 15.9 Å². The van der Waals surface area contributed by atoms with Crippen LogP contribution in [0.3, 0.4) is 0 Å². The van der Waals surface area contributed by atoms with Crippen molar-refractivity contribution in [2.24, 2.45) is 5.92 Å². The van der Waals surface area contributed by atoms with E-state index < -0.39 is 0 Å². The van der Waals surface area contributed by atoms with E-state index in [4.69, 9.17) is 0 Å². The van der Waals surface area contributed by atoms with Gasteiger partial charge < -0.3 is 5.32 Å². The molecule has 1 heterocycles. The lowest BCUT2D eigenvalue weighted by atomic mass is 9.89. The van der Waals surface area contributed by atoms with E-state index in [0.717, 1.165) is 19.0 Å². The standard InChI is InChI=1S/C13H20BrN3O2/c14-11-9-17(13(19)16-12(11)18)7-6-15-8-10-4-2-1-3-5-10/h9-10,15H,1-8H2,(H,16,18,19). The molecule has 1 aliphatic rings. The van der Waals surface area contributed by atoms with E-state index in [1.165, 1.54) is 36.7 Å². The summed E-state index contributed by atoms with van der Waals surface area (Å²) in [5, 5.41) is 3.40. The maximum absolute atomic E-state index is 11.5. The molecular formula is C13H20BrN3O2. The fourth-order valence-corrected chi connectivity index (χ4v) is 2.89. The molecule has 2 N–H and O–H groups in total. The van der Waals surface area contributed by atoms with Crippen molar-refractivity contribution in [3.8, 4) is 0 Å². The van der Waals surface area contributed by atoms with Crippen LogP contribution >= 0.6 is 15.9 Å². The van der Waals surface area contributed by atoms with Gasteiger partial charge in [0.05, 0.1) is 4.47 Å². The Labute approximate surface area is 120 Å². The highest BCUT2D eigenvalue weighted by Gasteiger charge is 2.12. The quantitative estimate of drug-likeness (QED) is 0.804. The average molecular weight is 330 g/mol. The van der Waals surface area contributed by atoms with Crippen LogP contribution in [0.15, 0.2) is 20.3 Å². The Morgan fingerprint density at radius 3 is 2.79 bits per heavy atom. The van der Waals surface area contributed by atoms with E-state index in [0.29, 0.717) is 11.0 Å². The summed E-state index contributed by atoms with van der Waals surface area (Å²) in [7, 11) is 0. The van der Waals surface area contributed by atoms with Crippen molar-refractivity contribution in [3.05, 3.63) is 31.5 Å². The Morgan fingerprint density at radius 2 is 2.05 bits per heavy atom. The van der Waals surface area contributed by atoms with Crippen molar-refractivity contribution in [3.63, 3.8) is 0 Å². The zero-order chi connectivity index (χ0) is 13.7. The van der Waals surface area contributed by atoms with Gasteiger partial charge in [0.1, 0.15) is 0 Å². The highest BCUT2D eigenvalue weighted by Crippen LogP contribution is 2.22. The molecule has 6 heteroatoms. The Hall–Kier alpha value is -0.880. The van der Waals surface area contributed by atoms with Gasteiger partial charge in [-0.15, -0.1) is 0 Å². The molecule has 0 spiro atoms. The molecule has 19 heavy (non-hydrogen) atoms. The van der Waals surface area contributed by atoms with E-state index in [9.17, 15) is 9.59 Å². The number of H-pyrrole nitrogens is 1.